The first kappa shape index (κ1) is 9.06. The Morgan fingerprint density at radius 2 is 1.85 bits per heavy atom. The molecule has 0 radical (unpaired) electrons. The molecule has 0 aliphatic rings. The summed E-state index contributed by atoms with van der Waals surface area (Å²) in [6.07, 6.45) is 2.00. The molecule has 0 amide bonds. The van der Waals surface area contributed by atoms with Crippen molar-refractivity contribution in [2.75, 3.05) is 0 Å². The first-order valence-electron chi connectivity index (χ1n) is 4.51. The van der Waals surface area contributed by atoms with Crippen molar-refractivity contribution in [2.45, 2.75) is 14.8 Å². The van der Waals surface area contributed by atoms with E-state index >= 15 is 0 Å². The fourth-order valence-electron chi connectivity index (χ4n) is 1.49. The number of rotatable bonds is 1. The molecule has 0 aliphatic carbocycles. The van der Waals surface area contributed by atoms with Gasteiger partial charge in [-0.1, -0.05) is 0 Å². The summed E-state index contributed by atoms with van der Waals surface area (Å²) in [6, 6.07) is 8.35. The van der Waals surface area contributed by atoms with Crippen LogP contribution in [0.15, 0.2) is 30.6 Å². The Kier molecular flexibility index (Phi) is 2.10. The maximum atomic E-state index is 4.40. The number of hydrogen-bond donors (Lipinski definition) is 0. The summed E-state index contributed by atoms with van der Waals surface area (Å²) in [5.74, 6) is 0. The van der Waals surface area contributed by atoms with E-state index < -0.39 is 18.7 Å². The molecule has 68 valence electrons. The molecule has 1 heterocycles. The van der Waals surface area contributed by atoms with E-state index in [2.05, 4.69) is 40.8 Å². The minimum atomic E-state index is -2.01. The van der Waals surface area contributed by atoms with Gasteiger partial charge in [0.15, 0.2) is 0 Å². The predicted molar refractivity (Wildman–Crippen MR) is 58.5 cm³/mol. The Morgan fingerprint density at radius 3 is 2.54 bits per heavy atom. The van der Waals surface area contributed by atoms with E-state index in [1.807, 2.05) is 12.4 Å². The van der Waals surface area contributed by atoms with Crippen molar-refractivity contribution in [1.29, 1.82) is 0 Å². The molecule has 1 aromatic heterocycles. The molecule has 0 aliphatic heterocycles. The topological polar surface area (TPSA) is 17.8 Å². The second kappa shape index (κ2) is 3.01. The molecule has 0 unspecified atom stereocenters. The number of imidazole rings is 1. The van der Waals surface area contributed by atoms with Crippen LogP contribution in [0.25, 0.3) is 11.0 Å². The summed E-state index contributed by atoms with van der Waals surface area (Å²) in [4.78, 5) is 11.6. The van der Waals surface area contributed by atoms with Gasteiger partial charge in [-0.05, 0) is 0 Å². The van der Waals surface area contributed by atoms with Crippen LogP contribution in [0.3, 0.4) is 0 Å². The van der Waals surface area contributed by atoms with Crippen LogP contribution in [0.1, 0.15) is 0 Å². The van der Waals surface area contributed by atoms with Gasteiger partial charge in [0.2, 0.25) is 0 Å². The molecule has 0 bridgehead atoms. The van der Waals surface area contributed by atoms with Crippen molar-refractivity contribution in [1.82, 2.24) is 7.77 Å². The molecule has 0 saturated carbocycles. The molecule has 0 spiro atoms. The average Bonchev–Trinajstić information content (AvgIpc) is 2.45. The quantitative estimate of drug-likeness (QED) is 0.735. The number of aromatic nitrogens is 2. The Hall–Kier alpha value is -0.511. The zero-order valence-corrected chi connectivity index (χ0v) is 11.1. The van der Waals surface area contributed by atoms with Crippen molar-refractivity contribution in [2.24, 2.45) is 0 Å². The first-order chi connectivity index (χ1) is 6.09. The molecular formula is C10H14N2Sn. The fraction of sp³-hybridized carbons (Fsp3) is 0.300. The third-order valence-electron chi connectivity index (χ3n) is 2.18. The van der Waals surface area contributed by atoms with Gasteiger partial charge in [0.1, 0.15) is 0 Å². The van der Waals surface area contributed by atoms with E-state index in [0.29, 0.717) is 0 Å². The van der Waals surface area contributed by atoms with Crippen LogP contribution in [0.2, 0.25) is 14.8 Å². The molecule has 2 aromatic rings. The molecule has 0 atom stereocenters. The van der Waals surface area contributed by atoms with E-state index in [1.54, 1.807) is 0 Å². The van der Waals surface area contributed by atoms with E-state index in [1.165, 1.54) is 5.52 Å². The number of fused-ring (bicyclic) bond motifs is 1. The Labute approximate surface area is 82.8 Å². The monoisotopic (exact) mass is 282 g/mol. The van der Waals surface area contributed by atoms with Gasteiger partial charge in [0.25, 0.3) is 0 Å². The van der Waals surface area contributed by atoms with Crippen LogP contribution in [-0.4, -0.2) is 26.4 Å². The van der Waals surface area contributed by atoms with Crippen molar-refractivity contribution in [3.8, 4) is 0 Å². The van der Waals surface area contributed by atoms with Crippen LogP contribution in [0, 0.1) is 0 Å². The SMILES string of the molecule is [CH3][Sn]([CH3])([CH3])[n]1cnc2ccccc21. The number of hydrogen-bond acceptors (Lipinski definition) is 1. The molecule has 13 heavy (non-hydrogen) atoms. The number of benzene rings is 1. The summed E-state index contributed by atoms with van der Waals surface area (Å²) < 4.78 is 2.41. The molecule has 0 fully saturated rings. The minimum absolute atomic E-state index is 1.12. The third kappa shape index (κ3) is 1.59. The van der Waals surface area contributed by atoms with Crippen LogP contribution >= 0.6 is 0 Å². The number of nitrogens with zero attached hydrogens (tertiary/aromatic N) is 2. The summed E-state index contributed by atoms with van der Waals surface area (Å²) in [5, 5.41) is 0. The van der Waals surface area contributed by atoms with Crippen molar-refractivity contribution < 1.29 is 0 Å². The maximum absolute atomic E-state index is 4.40. The van der Waals surface area contributed by atoms with Crippen molar-refractivity contribution in [3.05, 3.63) is 30.6 Å². The zero-order valence-electron chi connectivity index (χ0n) is 8.28. The molecule has 3 heteroatoms. The molecule has 0 saturated heterocycles. The van der Waals surface area contributed by atoms with E-state index in [-0.39, 0.29) is 0 Å². The van der Waals surface area contributed by atoms with Gasteiger partial charge in [-0.2, -0.15) is 0 Å². The summed E-state index contributed by atoms with van der Waals surface area (Å²) >= 11 is -2.01. The van der Waals surface area contributed by atoms with Crippen LogP contribution in [0.4, 0.5) is 0 Å². The Morgan fingerprint density at radius 1 is 1.15 bits per heavy atom. The average molecular weight is 281 g/mol. The Bertz CT molecular complexity index is 426. The van der Waals surface area contributed by atoms with Gasteiger partial charge >= 0.3 is 82.9 Å². The van der Waals surface area contributed by atoms with Gasteiger partial charge in [-0.25, -0.2) is 0 Å². The molecular weight excluding hydrogens is 267 g/mol. The van der Waals surface area contributed by atoms with E-state index in [0.717, 1.165) is 5.52 Å². The summed E-state index contributed by atoms with van der Waals surface area (Å²) in [7, 11) is 0. The van der Waals surface area contributed by atoms with Crippen molar-refractivity contribution in [3.63, 3.8) is 0 Å². The number of para-hydroxylation sites is 2. The second-order valence-electron chi connectivity index (χ2n) is 4.27. The predicted octanol–water partition coefficient (Wildman–Crippen LogP) is 2.72. The Balaban J connectivity index is 2.72. The van der Waals surface area contributed by atoms with Crippen LogP contribution < -0.4 is 0 Å². The molecule has 2 rings (SSSR count). The first-order valence-corrected chi connectivity index (χ1v) is 14.4. The standard InChI is InChI=1S/C7H5N2.3CH3.Sn/c1-2-4-7-6(3-1)8-5-9-7;;;;/h1-5H;3*1H3;/q-1;;;;+1. The van der Waals surface area contributed by atoms with Gasteiger partial charge in [0.05, 0.1) is 0 Å². The van der Waals surface area contributed by atoms with Crippen molar-refractivity contribution >= 4 is 29.7 Å². The van der Waals surface area contributed by atoms with E-state index in [4.69, 9.17) is 0 Å². The molecule has 0 N–H and O–H groups in total. The normalized spacial score (nSPS) is 12.2. The molecule has 1 aromatic carbocycles. The second-order valence-corrected chi connectivity index (χ2v) is 18.0. The molecule has 2 nitrogen and oxygen atoms in total. The van der Waals surface area contributed by atoms with Crippen LogP contribution in [-0.2, 0) is 0 Å². The van der Waals surface area contributed by atoms with E-state index in [9.17, 15) is 0 Å². The van der Waals surface area contributed by atoms with Gasteiger partial charge in [-0.3, -0.25) is 0 Å². The van der Waals surface area contributed by atoms with Gasteiger partial charge in [-0.15, -0.1) is 0 Å². The zero-order chi connectivity index (χ0) is 9.47. The van der Waals surface area contributed by atoms with Gasteiger partial charge < -0.3 is 0 Å². The summed E-state index contributed by atoms with van der Waals surface area (Å²) in [5.41, 5.74) is 2.42. The van der Waals surface area contributed by atoms with Gasteiger partial charge in [0, 0.05) is 0 Å². The summed E-state index contributed by atoms with van der Waals surface area (Å²) in [6.45, 7) is 0. The van der Waals surface area contributed by atoms with Crippen LogP contribution in [0.5, 0.6) is 0 Å². The fourth-order valence-corrected chi connectivity index (χ4v) is 5.25. The third-order valence-corrected chi connectivity index (χ3v) is 7.32.